The molecule has 150 valence electrons. The smallest absolute Gasteiger partial charge is 0.256 e. The molecule has 0 saturated carbocycles. The van der Waals surface area contributed by atoms with Crippen LogP contribution in [0.4, 0.5) is 4.39 Å². The van der Waals surface area contributed by atoms with Gasteiger partial charge in [-0.15, -0.1) is 11.3 Å². The van der Waals surface area contributed by atoms with E-state index in [1.807, 2.05) is 24.3 Å². The zero-order chi connectivity index (χ0) is 20.2. The Labute approximate surface area is 173 Å². The van der Waals surface area contributed by atoms with Crippen LogP contribution in [0.5, 0.6) is 5.75 Å². The Morgan fingerprint density at radius 3 is 2.52 bits per heavy atom. The lowest BCUT2D eigenvalue weighted by molar-refractivity contribution is 0.0623. The number of piperazine rings is 1. The van der Waals surface area contributed by atoms with Crippen molar-refractivity contribution in [3.63, 3.8) is 0 Å². The van der Waals surface area contributed by atoms with E-state index in [1.165, 1.54) is 6.07 Å². The molecule has 0 spiro atoms. The molecule has 2 heterocycles. The maximum Gasteiger partial charge on any atom is 0.256 e. The third-order valence-electron chi connectivity index (χ3n) is 5.04. The van der Waals surface area contributed by atoms with Crippen molar-refractivity contribution in [2.75, 3.05) is 33.3 Å². The highest BCUT2D eigenvalue weighted by atomic mass is 32.1. The molecular weight excluding hydrogens is 389 g/mol. The van der Waals surface area contributed by atoms with Crippen LogP contribution in [0.15, 0.2) is 53.9 Å². The molecule has 0 bridgehead atoms. The lowest BCUT2D eigenvalue weighted by Crippen LogP contribution is -2.48. The van der Waals surface area contributed by atoms with E-state index in [0.717, 1.165) is 41.6 Å². The summed E-state index contributed by atoms with van der Waals surface area (Å²) in [6, 6.07) is 14.0. The van der Waals surface area contributed by atoms with Gasteiger partial charge < -0.3 is 9.64 Å². The van der Waals surface area contributed by atoms with Crippen LogP contribution in [-0.2, 0) is 6.54 Å². The Kier molecular flexibility index (Phi) is 5.87. The number of benzene rings is 2. The summed E-state index contributed by atoms with van der Waals surface area (Å²) in [6.45, 7) is 3.41. The second-order valence-electron chi connectivity index (χ2n) is 6.92. The van der Waals surface area contributed by atoms with Gasteiger partial charge in [0.15, 0.2) is 0 Å². The predicted octanol–water partition coefficient (Wildman–Crippen LogP) is 3.92. The molecule has 29 heavy (non-hydrogen) atoms. The molecule has 2 aromatic carbocycles. The summed E-state index contributed by atoms with van der Waals surface area (Å²) in [5.74, 6) is 0.125. The first-order chi connectivity index (χ1) is 14.1. The summed E-state index contributed by atoms with van der Waals surface area (Å²) < 4.78 is 19.1. The van der Waals surface area contributed by atoms with Crippen molar-refractivity contribution in [3.8, 4) is 16.3 Å². The van der Waals surface area contributed by atoms with E-state index >= 15 is 0 Å². The summed E-state index contributed by atoms with van der Waals surface area (Å²) in [5.41, 5.74) is 2.24. The fourth-order valence-electron chi connectivity index (χ4n) is 3.39. The van der Waals surface area contributed by atoms with Crippen molar-refractivity contribution >= 4 is 17.2 Å². The zero-order valence-corrected chi connectivity index (χ0v) is 17.0. The number of methoxy groups -OCH3 is 1. The van der Waals surface area contributed by atoms with Gasteiger partial charge in [-0.25, -0.2) is 9.37 Å². The summed E-state index contributed by atoms with van der Waals surface area (Å²) in [6.07, 6.45) is 0. The number of carbonyl (C=O) groups excluding carboxylic acids is 1. The zero-order valence-electron chi connectivity index (χ0n) is 16.2. The molecule has 0 aliphatic carbocycles. The van der Waals surface area contributed by atoms with Crippen LogP contribution >= 0.6 is 11.3 Å². The molecule has 1 aliphatic heterocycles. The highest BCUT2D eigenvalue weighted by Crippen LogP contribution is 2.26. The lowest BCUT2D eigenvalue weighted by atomic mass is 10.1. The van der Waals surface area contributed by atoms with Crippen LogP contribution in [0, 0.1) is 5.82 Å². The van der Waals surface area contributed by atoms with Gasteiger partial charge in [-0.3, -0.25) is 9.69 Å². The molecule has 3 aromatic rings. The lowest BCUT2D eigenvalue weighted by Gasteiger charge is -2.34. The first-order valence-corrected chi connectivity index (χ1v) is 10.4. The molecule has 1 amide bonds. The number of rotatable bonds is 5. The van der Waals surface area contributed by atoms with E-state index < -0.39 is 5.82 Å². The molecule has 4 rings (SSSR count). The summed E-state index contributed by atoms with van der Waals surface area (Å²) in [5, 5.41) is 3.06. The summed E-state index contributed by atoms with van der Waals surface area (Å²) in [7, 11) is 1.65. The molecule has 0 unspecified atom stereocenters. The Morgan fingerprint density at radius 1 is 1.10 bits per heavy atom. The molecular formula is C22H22FN3O2S. The number of nitrogens with zero attached hydrogens (tertiary/aromatic N) is 3. The minimum absolute atomic E-state index is 0.143. The molecule has 0 atom stereocenters. The maximum absolute atomic E-state index is 13.9. The molecule has 1 aliphatic rings. The van der Waals surface area contributed by atoms with Crippen molar-refractivity contribution < 1.29 is 13.9 Å². The number of hydrogen-bond donors (Lipinski definition) is 0. The van der Waals surface area contributed by atoms with Crippen LogP contribution in [0.3, 0.4) is 0 Å². The number of amides is 1. The second-order valence-corrected chi connectivity index (χ2v) is 7.78. The van der Waals surface area contributed by atoms with Crippen LogP contribution in [0.25, 0.3) is 10.6 Å². The predicted molar refractivity (Wildman–Crippen MR) is 112 cm³/mol. The average Bonchev–Trinajstić information content (AvgIpc) is 3.23. The van der Waals surface area contributed by atoms with Crippen molar-refractivity contribution in [1.29, 1.82) is 0 Å². The molecule has 1 saturated heterocycles. The monoisotopic (exact) mass is 411 g/mol. The summed E-state index contributed by atoms with van der Waals surface area (Å²) in [4.78, 5) is 21.3. The van der Waals surface area contributed by atoms with Crippen molar-refractivity contribution in [2.24, 2.45) is 0 Å². The second kappa shape index (κ2) is 8.71. The van der Waals surface area contributed by atoms with E-state index in [2.05, 4.69) is 10.3 Å². The van der Waals surface area contributed by atoms with Crippen LogP contribution < -0.4 is 4.74 Å². The number of halogens is 1. The highest BCUT2D eigenvalue weighted by Gasteiger charge is 2.24. The topological polar surface area (TPSA) is 45.7 Å². The van der Waals surface area contributed by atoms with Gasteiger partial charge in [-0.05, 0) is 36.4 Å². The maximum atomic E-state index is 13.9. The van der Waals surface area contributed by atoms with Crippen molar-refractivity contribution in [2.45, 2.75) is 6.54 Å². The van der Waals surface area contributed by atoms with Gasteiger partial charge >= 0.3 is 0 Å². The minimum atomic E-state index is -0.464. The van der Waals surface area contributed by atoms with E-state index in [9.17, 15) is 9.18 Å². The average molecular weight is 412 g/mol. The third kappa shape index (κ3) is 4.46. The fraction of sp³-hybridized carbons (Fsp3) is 0.273. The Bertz CT molecular complexity index is 982. The molecule has 0 N–H and O–H groups in total. The first-order valence-electron chi connectivity index (χ1n) is 9.49. The van der Waals surface area contributed by atoms with Gasteiger partial charge in [0.1, 0.15) is 16.6 Å². The van der Waals surface area contributed by atoms with Gasteiger partial charge in [0.2, 0.25) is 0 Å². The fourth-order valence-corrected chi connectivity index (χ4v) is 4.21. The van der Waals surface area contributed by atoms with Gasteiger partial charge in [-0.2, -0.15) is 0 Å². The van der Waals surface area contributed by atoms with Gasteiger partial charge in [0.05, 0.1) is 18.4 Å². The van der Waals surface area contributed by atoms with Gasteiger partial charge in [0.25, 0.3) is 5.91 Å². The van der Waals surface area contributed by atoms with E-state index in [-0.39, 0.29) is 11.5 Å². The molecule has 7 heteroatoms. The Hall–Kier alpha value is -2.77. The van der Waals surface area contributed by atoms with E-state index in [4.69, 9.17) is 9.72 Å². The Balaban J connectivity index is 1.33. The molecule has 1 fully saturated rings. The molecule has 5 nitrogen and oxygen atoms in total. The quantitative estimate of drug-likeness (QED) is 0.639. The molecule has 0 radical (unpaired) electrons. The number of aromatic nitrogens is 1. The SMILES string of the molecule is COc1ccc(-c2nc(CN3CCN(C(=O)c4ccccc4F)CC3)cs2)cc1. The number of thiazole rings is 1. The van der Waals surface area contributed by atoms with Crippen LogP contribution in [0.1, 0.15) is 16.1 Å². The van der Waals surface area contributed by atoms with Crippen molar-refractivity contribution in [1.82, 2.24) is 14.8 Å². The molecule has 1 aromatic heterocycles. The van der Waals surface area contributed by atoms with Crippen LogP contribution in [-0.4, -0.2) is 54.0 Å². The minimum Gasteiger partial charge on any atom is -0.497 e. The first kappa shape index (κ1) is 19.5. The third-order valence-corrected chi connectivity index (χ3v) is 5.98. The Morgan fingerprint density at radius 2 is 1.83 bits per heavy atom. The highest BCUT2D eigenvalue weighted by molar-refractivity contribution is 7.13. The number of carbonyl (C=O) groups is 1. The standard InChI is InChI=1S/C22H22FN3O2S/c1-28-18-8-6-16(7-9-18)21-24-17(15-29-21)14-25-10-12-26(13-11-25)22(27)19-4-2-3-5-20(19)23/h2-9,15H,10-14H2,1H3. The normalized spacial score (nSPS) is 14.8. The number of ether oxygens (including phenoxy) is 1. The van der Waals surface area contributed by atoms with Gasteiger partial charge in [0, 0.05) is 43.7 Å². The van der Waals surface area contributed by atoms with Crippen LogP contribution in [0.2, 0.25) is 0 Å². The van der Waals surface area contributed by atoms with Gasteiger partial charge in [-0.1, -0.05) is 12.1 Å². The summed E-state index contributed by atoms with van der Waals surface area (Å²) >= 11 is 1.62. The largest absolute Gasteiger partial charge is 0.497 e. The number of hydrogen-bond acceptors (Lipinski definition) is 5. The van der Waals surface area contributed by atoms with Crippen molar-refractivity contribution in [3.05, 3.63) is 71.0 Å². The van der Waals surface area contributed by atoms with E-state index in [0.29, 0.717) is 13.1 Å². The van der Waals surface area contributed by atoms with E-state index in [1.54, 1.807) is 41.5 Å².